The van der Waals surface area contributed by atoms with Gasteiger partial charge >= 0.3 is 5.97 Å². The maximum Gasteiger partial charge on any atom is 0.335 e. The van der Waals surface area contributed by atoms with E-state index in [-0.39, 0.29) is 17.6 Å². The number of halogens is 2. The molecule has 1 aliphatic carbocycles. The highest BCUT2D eigenvalue weighted by molar-refractivity contribution is 7.99. The highest BCUT2D eigenvalue weighted by atomic mass is 35.5. The van der Waals surface area contributed by atoms with Crippen molar-refractivity contribution in [2.24, 2.45) is 5.92 Å². The molecule has 6 rings (SSSR count). The summed E-state index contributed by atoms with van der Waals surface area (Å²) >= 11 is 7.46. The molecule has 2 fully saturated rings. The number of aromatic carboxylic acids is 1. The van der Waals surface area contributed by atoms with Gasteiger partial charge in [0.2, 0.25) is 0 Å². The fourth-order valence-electron chi connectivity index (χ4n) is 5.39. The number of imidazole rings is 1. The summed E-state index contributed by atoms with van der Waals surface area (Å²) in [5, 5.41) is 15.6. The fourth-order valence-corrected chi connectivity index (χ4v) is 6.55. The number of hydrogen-bond acceptors (Lipinski definition) is 6. The van der Waals surface area contributed by atoms with E-state index in [2.05, 4.69) is 14.1 Å². The van der Waals surface area contributed by atoms with Gasteiger partial charge in [-0.25, -0.2) is 14.2 Å². The standard InChI is InChI=1S/C28H31ClFN5O3S/c29-20-3-1-19(23(30)14-20)17-39-27-7-11-35(32-27)21-5-9-33(10-6-21)16-26-31-24-4-2-18(28(36)37)13-25(24)34(26)15-22-8-12-38-22/h1-4,7,11,13-14,19,21-23H,5-6,8-10,12,15-17H2,(H,36,37)/t19?,22-,23?/m0/s1. The molecule has 1 N–H and O–H groups in total. The summed E-state index contributed by atoms with van der Waals surface area (Å²) in [6.45, 7) is 3.99. The second-order valence-electron chi connectivity index (χ2n) is 10.4. The van der Waals surface area contributed by atoms with E-state index < -0.39 is 12.1 Å². The van der Waals surface area contributed by atoms with Crippen LogP contribution in [0.4, 0.5) is 4.39 Å². The second-order valence-corrected chi connectivity index (χ2v) is 11.9. The molecule has 2 unspecified atom stereocenters. The molecule has 11 heteroatoms. The third-order valence-corrected chi connectivity index (χ3v) is 9.10. The number of benzene rings is 1. The van der Waals surface area contributed by atoms with Crippen LogP contribution >= 0.6 is 23.4 Å². The molecule has 4 heterocycles. The Labute approximate surface area is 235 Å². The van der Waals surface area contributed by atoms with Crippen LogP contribution in [0.3, 0.4) is 0 Å². The van der Waals surface area contributed by atoms with E-state index in [1.807, 2.05) is 18.3 Å². The number of fused-ring (bicyclic) bond motifs is 1. The van der Waals surface area contributed by atoms with Crippen LogP contribution in [0.25, 0.3) is 11.0 Å². The van der Waals surface area contributed by atoms with Gasteiger partial charge in [0.05, 0.1) is 41.8 Å². The lowest BCUT2D eigenvalue weighted by Crippen LogP contribution is -2.36. The molecule has 0 amide bonds. The number of piperidine rings is 1. The van der Waals surface area contributed by atoms with Crippen LogP contribution in [0.5, 0.6) is 0 Å². The minimum atomic E-state index is -1.06. The van der Waals surface area contributed by atoms with E-state index in [0.29, 0.717) is 29.9 Å². The van der Waals surface area contributed by atoms with Gasteiger partial charge in [0.25, 0.3) is 0 Å². The highest BCUT2D eigenvalue weighted by Crippen LogP contribution is 2.30. The van der Waals surface area contributed by atoms with Crippen molar-refractivity contribution in [1.82, 2.24) is 24.2 Å². The third-order valence-electron chi connectivity index (χ3n) is 7.79. The summed E-state index contributed by atoms with van der Waals surface area (Å²) in [7, 11) is 0. The zero-order chi connectivity index (χ0) is 26.9. The fraction of sp³-hybridized carbons (Fsp3) is 0.464. The van der Waals surface area contributed by atoms with Crippen LogP contribution in [0.15, 0.2) is 58.7 Å². The highest BCUT2D eigenvalue weighted by Gasteiger charge is 2.26. The van der Waals surface area contributed by atoms with Crippen LogP contribution < -0.4 is 0 Å². The topological polar surface area (TPSA) is 85.4 Å². The number of carbonyl (C=O) groups is 1. The van der Waals surface area contributed by atoms with Gasteiger partial charge in [-0.15, -0.1) is 11.8 Å². The number of alkyl halides is 1. The van der Waals surface area contributed by atoms with E-state index in [1.165, 1.54) is 6.08 Å². The molecule has 8 nitrogen and oxygen atoms in total. The normalized spacial score (nSPS) is 24.2. The first kappa shape index (κ1) is 26.6. The van der Waals surface area contributed by atoms with Gasteiger partial charge in [-0.3, -0.25) is 9.58 Å². The SMILES string of the molecule is O=C(O)c1ccc2nc(CN3CCC(n4ccc(SCC5C=CC(Cl)=CC5F)n4)CC3)n(C[C@@H]3CCO3)c2c1. The van der Waals surface area contributed by atoms with Crippen molar-refractivity contribution in [3.05, 3.63) is 65.1 Å². The Kier molecular flexibility index (Phi) is 7.79. The third kappa shape index (κ3) is 5.94. The zero-order valence-electron chi connectivity index (χ0n) is 21.5. The number of carboxylic acid groups (broad SMARTS) is 1. The number of aromatic nitrogens is 4. The molecule has 3 aromatic rings. The molecule has 2 saturated heterocycles. The molecule has 206 valence electrons. The van der Waals surface area contributed by atoms with Crippen molar-refractivity contribution in [2.45, 2.75) is 55.7 Å². The van der Waals surface area contributed by atoms with Gasteiger partial charge in [-0.1, -0.05) is 17.7 Å². The smallest absolute Gasteiger partial charge is 0.335 e. The number of hydrogen-bond donors (Lipinski definition) is 1. The van der Waals surface area contributed by atoms with Gasteiger partial charge < -0.3 is 14.4 Å². The molecule has 3 aliphatic rings. The minimum absolute atomic E-state index is 0.145. The Morgan fingerprint density at radius 3 is 2.77 bits per heavy atom. The molecule has 2 aliphatic heterocycles. The van der Waals surface area contributed by atoms with Gasteiger partial charge in [0.1, 0.15) is 17.0 Å². The van der Waals surface area contributed by atoms with Crippen LogP contribution in [-0.4, -0.2) is 73.0 Å². The van der Waals surface area contributed by atoms with E-state index >= 15 is 0 Å². The molecule has 2 aromatic heterocycles. The number of ether oxygens (including phenoxy) is 1. The minimum Gasteiger partial charge on any atom is -0.478 e. The molecular formula is C28H31ClFN5O3S. The predicted octanol–water partition coefficient (Wildman–Crippen LogP) is 5.30. The Morgan fingerprint density at radius 1 is 1.23 bits per heavy atom. The lowest BCUT2D eigenvalue weighted by atomic mass is 10.0. The van der Waals surface area contributed by atoms with Gasteiger partial charge in [0.15, 0.2) is 0 Å². The molecule has 39 heavy (non-hydrogen) atoms. The van der Waals surface area contributed by atoms with Crippen molar-refractivity contribution in [3.63, 3.8) is 0 Å². The van der Waals surface area contributed by atoms with E-state index in [1.54, 1.807) is 36.0 Å². The molecule has 1 aromatic carbocycles. The Bertz CT molecular complexity index is 1410. The van der Waals surface area contributed by atoms with Gasteiger partial charge in [-0.2, -0.15) is 5.10 Å². The summed E-state index contributed by atoms with van der Waals surface area (Å²) in [6, 6.07) is 7.46. The number of nitrogens with zero attached hydrogens (tertiary/aromatic N) is 5. The molecular weight excluding hydrogens is 541 g/mol. The van der Waals surface area contributed by atoms with Crippen LogP contribution in [0, 0.1) is 5.92 Å². The largest absolute Gasteiger partial charge is 0.478 e. The summed E-state index contributed by atoms with van der Waals surface area (Å²) in [5.41, 5.74) is 1.93. The number of rotatable bonds is 9. The summed E-state index contributed by atoms with van der Waals surface area (Å²) in [6.07, 6.45) is 9.13. The maximum absolute atomic E-state index is 14.2. The summed E-state index contributed by atoms with van der Waals surface area (Å²) in [4.78, 5) is 18.8. The van der Waals surface area contributed by atoms with Crippen LogP contribution in [0.1, 0.15) is 41.5 Å². The Hall–Kier alpha value is -2.66. The van der Waals surface area contributed by atoms with Gasteiger partial charge in [0, 0.05) is 42.6 Å². The molecule has 3 atom stereocenters. The number of carboxylic acids is 1. The second kappa shape index (κ2) is 11.4. The molecule has 0 spiro atoms. The predicted molar refractivity (Wildman–Crippen MR) is 149 cm³/mol. The average molecular weight is 572 g/mol. The number of allylic oxidation sites excluding steroid dienone is 4. The first-order valence-electron chi connectivity index (χ1n) is 13.4. The van der Waals surface area contributed by atoms with Crippen LogP contribution in [-0.2, 0) is 17.8 Å². The summed E-state index contributed by atoms with van der Waals surface area (Å²) < 4.78 is 24.1. The maximum atomic E-state index is 14.2. The number of likely N-dealkylation sites (tertiary alicyclic amines) is 1. The molecule has 0 radical (unpaired) electrons. The van der Waals surface area contributed by atoms with Crippen molar-refractivity contribution in [2.75, 3.05) is 25.4 Å². The van der Waals surface area contributed by atoms with Crippen molar-refractivity contribution in [3.8, 4) is 0 Å². The molecule has 0 bridgehead atoms. The quantitative estimate of drug-likeness (QED) is 0.349. The van der Waals surface area contributed by atoms with Gasteiger partial charge in [-0.05, 0) is 55.7 Å². The molecule has 0 saturated carbocycles. The first-order chi connectivity index (χ1) is 18.9. The van der Waals surface area contributed by atoms with Crippen molar-refractivity contribution in [1.29, 1.82) is 0 Å². The lowest BCUT2D eigenvalue weighted by molar-refractivity contribution is -0.0592. The van der Waals surface area contributed by atoms with Crippen molar-refractivity contribution < 1.29 is 19.0 Å². The Morgan fingerprint density at radius 2 is 2.05 bits per heavy atom. The zero-order valence-corrected chi connectivity index (χ0v) is 23.0. The Balaban J connectivity index is 1.07. The first-order valence-corrected chi connectivity index (χ1v) is 14.7. The van der Waals surface area contributed by atoms with Crippen molar-refractivity contribution >= 4 is 40.4 Å². The monoisotopic (exact) mass is 571 g/mol. The number of thioether (sulfide) groups is 1. The van der Waals surface area contributed by atoms with E-state index in [4.69, 9.17) is 26.4 Å². The van der Waals surface area contributed by atoms with Crippen LogP contribution in [0.2, 0.25) is 0 Å². The average Bonchev–Trinajstić information content (AvgIpc) is 3.50. The summed E-state index contributed by atoms with van der Waals surface area (Å²) in [5.74, 6) is 0.433. The lowest BCUT2D eigenvalue weighted by Gasteiger charge is -2.32. The van der Waals surface area contributed by atoms with E-state index in [0.717, 1.165) is 60.8 Å². The van der Waals surface area contributed by atoms with E-state index in [9.17, 15) is 14.3 Å².